The van der Waals surface area contributed by atoms with E-state index in [0.717, 1.165) is 23.2 Å². The van der Waals surface area contributed by atoms with Gasteiger partial charge in [0, 0.05) is 23.6 Å². The highest BCUT2D eigenvalue weighted by atomic mass is 16.5. The van der Waals surface area contributed by atoms with Crippen LogP contribution in [0, 0.1) is 0 Å². The number of aromatic amines is 1. The van der Waals surface area contributed by atoms with Gasteiger partial charge in [0.25, 0.3) is 0 Å². The van der Waals surface area contributed by atoms with Crippen LogP contribution < -0.4 is 9.47 Å². The minimum atomic E-state index is -0.369. The van der Waals surface area contributed by atoms with Gasteiger partial charge < -0.3 is 14.5 Å². The lowest BCUT2D eigenvalue weighted by Gasteiger charge is -2.26. The molecule has 0 unspecified atom stereocenters. The molecule has 0 atom stereocenters. The van der Waals surface area contributed by atoms with Crippen LogP contribution in [0.2, 0.25) is 0 Å². The molecule has 2 aromatic carbocycles. The quantitative estimate of drug-likeness (QED) is 0.525. The van der Waals surface area contributed by atoms with E-state index in [4.69, 9.17) is 9.47 Å². The van der Waals surface area contributed by atoms with E-state index in [1.165, 1.54) is 32.4 Å². The smallest absolute Gasteiger partial charge is 0.345 e. The Hall–Kier alpha value is -2.79. The van der Waals surface area contributed by atoms with Gasteiger partial charge in [0.2, 0.25) is 0 Å². The molecule has 5 nitrogen and oxygen atoms in total. The van der Waals surface area contributed by atoms with E-state index in [1.807, 2.05) is 36.4 Å². The molecule has 140 valence electrons. The third-order valence-electron chi connectivity index (χ3n) is 4.97. The average Bonchev–Trinajstić information content (AvgIpc) is 3.14. The first kappa shape index (κ1) is 17.6. The minimum absolute atomic E-state index is 0.369. The van der Waals surface area contributed by atoms with Gasteiger partial charge in [-0.05, 0) is 56.3 Å². The van der Waals surface area contributed by atoms with Gasteiger partial charge >= 0.3 is 5.97 Å². The van der Waals surface area contributed by atoms with Crippen LogP contribution in [0.25, 0.3) is 10.9 Å². The third-order valence-corrected chi connectivity index (χ3v) is 4.97. The van der Waals surface area contributed by atoms with Crippen molar-refractivity contribution >= 4 is 16.9 Å². The first-order valence-electron chi connectivity index (χ1n) is 9.53. The van der Waals surface area contributed by atoms with E-state index in [0.29, 0.717) is 17.9 Å². The van der Waals surface area contributed by atoms with Crippen LogP contribution in [-0.4, -0.2) is 42.1 Å². The maximum Gasteiger partial charge on any atom is 0.345 e. The molecule has 1 aromatic heterocycles. The third kappa shape index (κ3) is 4.31. The molecule has 1 aliphatic heterocycles. The summed E-state index contributed by atoms with van der Waals surface area (Å²) in [6.07, 6.45) is 5.61. The molecular weight excluding hydrogens is 340 g/mol. The van der Waals surface area contributed by atoms with E-state index >= 15 is 0 Å². The number of H-pyrrole nitrogens is 1. The molecule has 0 bridgehead atoms. The lowest BCUT2D eigenvalue weighted by Crippen LogP contribution is -2.33. The maximum absolute atomic E-state index is 12.4. The van der Waals surface area contributed by atoms with Crippen molar-refractivity contribution in [2.24, 2.45) is 0 Å². The fourth-order valence-electron chi connectivity index (χ4n) is 3.48. The van der Waals surface area contributed by atoms with Crippen molar-refractivity contribution in [3.8, 4) is 11.5 Å². The largest absolute Gasteiger partial charge is 0.492 e. The molecule has 1 fully saturated rings. The number of benzene rings is 2. The van der Waals surface area contributed by atoms with Crippen molar-refractivity contribution in [2.45, 2.75) is 19.3 Å². The van der Waals surface area contributed by atoms with Crippen molar-refractivity contribution in [2.75, 3.05) is 26.2 Å². The number of piperidine rings is 1. The number of hydrogen-bond acceptors (Lipinski definition) is 4. The Kier molecular flexibility index (Phi) is 5.39. The summed E-state index contributed by atoms with van der Waals surface area (Å²) in [5.74, 6) is 0.929. The van der Waals surface area contributed by atoms with Crippen LogP contribution in [0.15, 0.2) is 54.7 Å². The zero-order valence-corrected chi connectivity index (χ0v) is 15.3. The number of likely N-dealkylation sites (tertiary alicyclic amines) is 1. The van der Waals surface area contributed by atoms with Crippen molar-refractivity contribution in [1.82, 2.24) is 9.88 Å². The first-order valence-corrected chi connectivity index (χ1v) is 9.53. The zero-order chi connectivity index (χ0) is 18.5. The molecule has 4 rings (SSSR count). The Morgan fingerprint density at radius 2 is 1.70 bits per heavy atom. The molecule has 0 aliphatic carbocycles. The van der Waals surface area contributed by atoms with Crippen LogP contribution >= 0.6 is 0 Å². The van der Waals surface area contributed by atoms with Gasteiger partial charge in [0.15, 0.2) is 0 Å². The second-order valence-electron chi connectivity index (χ2n) is 6.86. The fraction of sp³-hybridized carbons (Fsp3) is 0.318. The second kappa shape index (κ2) is 8.27. The maximum atomic E-state index is 12.4. The Morgan fingerprint density at radius 3 is 2.52 bits per heavy atom. The Labute approximate surface area is 158 Å². The molecule has 27 heavy (non-hydrogen) atoms. The summed E-state index contributed by atoms with van der Waals surface area (Å²) in [7, 11) is 0. The Balaban J connectivity index is 1.31. The van der Waals surface area contributed by atoms with Crippen LogP contribution in [0.1, 0.15) is 29.6 Å². The Bertz CT molecular complexity index is 895. The highest BCUT2D eigenvalue weighted by molar-refractivity contribution is 6.04. The van der Waals surface area contributed by atoms with Crippen molar-refractivity contribution in [1.29, 1.82) is 0 Å². The lowest BCUT2D eigenvalue weighted by molar-refractivity contribution is 0.0736. The first-order chi connectivity index (χ1) is 13.3. The number of nitrogens with zero attached hydrogens (tertiary/aromatic N) is 1. The zero-order valence-electron chi connectivity index (χ0n) is 15.3. The van der Waals surface area contributed by atoms with Gasteiger partial charge in [-0.1, -0.05) is 24.6 Å². The topological polar surface area (TPSA) is 54.6 Å². The number of ether oxygens (including phenoxy) is 2. The van der Waals surface area contributed by atoms with Crippen LogP contribution in [0.4, 0.5) is 0 Å². The molecule has 1 N–H and O–H groups in total. The molecule has 0 saturated carbocycles. The molecule has 0 amide bonds. The predicted octanol–water partition coefficient (Wildman–Crippen LogP) is 4.25. The van der Waals surface area contributed by atoms with Gasteiger partial charge in [0.1, 0.15) is 18.1 Å². The molecule has 1 saturated heterocycles. The summed E-state index contributed by atoms with van der Waals surface area (Å²) in [6, 6.07) is 14.9. The second-order valence-corrected chi connectivity index (χ2v) is 6.86. The summed E-state index contributed by atoms with van der Waals surface area (Å²) in [5.41, 5.74) is 1.45. The molecule has 5 heteroatoms. The molecule has 1 aliphatic rings. The van der Waals surface area contributed by atoms with Crippen molar-refractivity contribution in [3.63, 3.8) is 0 Å². The SMILES string of the molecule is O=C(Oc1ccc(OCCN2CCCCC2)cc1)c1c[nH]c2ccccc12. The summed E-state index contributed by atoms with van der Waals surface area (Å²) in [6.45, 7) is 3.98. The van der Waals surface area contributed by atoms with E-state index in [-0.39, 0.29) is 5.97 Å². The van der Waals surface area contributed by atoms with Gasteiger partial charge in [-0.15, -0.1) is 0 Å². The number of para-hydroxylation sites is 1. The highest BCUT2D eigenvalue weighted by Gasteiger charge is 2.14. The number of aromatic nitrogens is 1. The Morgan fingerprint density at radius 1 is 0.963 bits per heavy atom. The van der Waals surface area contributed by atoms with E-state index in [1.54, 1.807) is 18.3 Å². The summed E-state index contributed by atoms with van der Waals surface area (Å²) in [5, 5.41) is 0.861. The van der Waals surface area contributed by atoms with E-state index < -0.39 is 0 Å². The number of esters is 1. The molecule has 3 aromatic rings. The summed E-state index contributed by atoms with van der Waals surface area (Å²) < 4.78 is 11.3. The molecular formula is C22H24N2O3. The number of carbonyl (C=O) groups is 1. The summed E-state index contributed by atoms with van der Waals surface area (Å²) >= 11 is 0. The number of hydrogen-bond donors (Lipinski definition) is 1. The van der Waals surface area contributed by atoms with Gasteiger partial charge in [-0.2, -0.15) is 0 Å². The standard InChI is InChI=1S/C22H24N2O3/c25-22(20-16-23-21-7-3-2-6-19(20)21)27-18-10-8-17(9-11-18)26-15-14-24-12-4-1-5-13-24/h2-3,6-11,16,23H,1,4-5,12-15H2. The van der Waals surface area contributed by atoms with Gasteiger partial charge in [0.05, 0.1) is 5.56 Å². The van der Waals surface area contributed by atoms with Crippen LogP contribution in [0.5, 0.6) is 11.5 Å². The monoisotopic (exact) mass is 364 g/mol. The van der Waals surface area contributed by atoms with Crippen molar-refractivity contribution in [3.05, 3.63) is 60.3 Å². The number of carbonyl (C=O) groups excluding carboxylic acids is 1. The predicted molar refractivity (Wildman–Crippen MR) is 105 cm³/mol. The van der Waals surface area contributed by atoms with E-state index in [9.17, 15) is 4.79 Å². The van der Waals surface area contributed by atoms with Crippen LogP contribution in [-0.2, 0) is 0 Å². The minimum Gasteiger partial charge on any atom is -0.492 e. The van der Waals surface area contributed by atoms with Crippen LogP contribution in [0.3, 0.4) is 0 Å². The average molecular weight is 364 g/mol. The highest BCUT2D eigenvalue weighted by Crippen LogP contribution is 2.22. The molecule has 2 heterocycles. The number of rotatable bonds is 6. The number of fused-ring (bicyclic) bond motifs is 1. The van der Waals surface area contributed by atoms with Crippen molar-refractivity contribution < 1.29 is 14.3 Å². The summed E-state index contributed by atoms with van der Waals surface area (Å²) in [4.78, 5) is 18.0. The molecule has 0 spiro atoms. The van der Waals surface area contributed by atoms with E-state index in [2.05, 4.69) is 9.88 Å². The fourth-order valence-corrected chi connectivity index (χ4v) is 3.48. The lowest BCUT2D eigenvalue weighted by atomic mass is 10.1. The van der Waals surface area contributed by atoms with Gasteiger partial charge in [-0.25, -0.2) is 4.79 Å². The number of nitrogens with one attached hydrogen (secondary N) is 1. The molecule has 0 radical (unpaired) electrons. The normalized spacial score (nSPS) is 15.0. The van der Waals surface area contributed by atoms with Gasteiger partial charge in [-0.3, -0.25) is 4.90 Å².